The number of carbonyl (C=O) groups is 1. The molecule has 19 heavy (non-hydrogen) atoms. The minimum absolute atomic E-state index is 0. The molecule has 0 radical (unpaired) electrons. The molecule has 1 aromatic heterocycles. The third kappa shape index (κ3) is 4.09. The molecule has 1 aromatic rings. The number of halogens is 2. The SMILES string of the molecule is Cc1noc(Cl)c1CCC(=O)N1CCNC(C)C1.Cl. The van der Waals surface area contributed by atoms with Gasteiger partial charge in [0.2, 0.25) is 11.1 Å². The maximum absolute atomic E-state index is 12.1. The summed E-state index contributed by atoms with van der Waals surface area (Å²) in [7, 11) is 0. The fourth-order valence-electron chi connectivity index (χ4n) is 2.19. The van der Waals surface area contributed by atoms with Crippen LogP contribution < -0.4 is 5.32 Å². The van der Waals surface area contributed by atoms with Crippen molar-refractivity contribution in [2.75, 3.05) is 19.6 Å². The lowest BCUT2D eigenvalue weighted by Crippen LogP contribution is -2.51. The van der Waals surface area contributed by atoms with Crippen molar-refractivity contribution in [3.05, 3.63) is 16.5 Å². The van der Waals surface area contributed by atoms with Crippen LogP contribution >= 0.6 is 24.0 Å². The zero-order valence-electron chi connectivity index (χ0n) is 11.1. The second-order valence-electron chi connectivity index (χ2n) is 4.72. The fraction of sp³-hybridized carbons (Fsp3) is 0.667. The molecule has 1 fully saturated rings. The van der Waals surface area contributed by atoms with Gasteiger partial charge >= 0.3 is 0 Å². The molecule has 108 valence electrons. The van der Waals surface area contributed by atoms with Gasteiger partial charge in [0.1, 0.15) is 0 Å². The summed E-state index contributed by atoms with van der Waals surface area (Å²) in [5.41, 5.74) is 1.61. The van der Waals surface area contributed by atoms with Crippen LogP contribution in [0.15, 0.2) is 4.52 Å². The Balaban J connectivity index is 0.00000180. The Morgan fingerprint density at radius 3 is 2.95 bits per heavy atom. The van der Waals surface area contributed by atoms with Gasteiger partial charge in [-0.25, -0.2) is 0 Å². The lowest BCUT2D eigenvalue weighted by atomic mass is 10.1. The van der Waals surface area contributed by atoms with Crippen molar-refractivity contribution < 1.29 is 9.32 Å². The molecule has 0 spiro atoms. The lowest BCUT2D eigenvalue weighted by Gasteiger charge is -2.32. The number of rotatable bonds is 3. The maximum Gasteiger partial charge on any atom is 0.229 e. The summed E-state index contributed by atoms with van der Waals surface area (Å²) in [5.74, 6) is 0.167. The largest absolute Gasteiger partial charge is 0.344 e. The second kappa shape index (κ2) is 7.12. The molecular weight excluding hydrogens is 289 g/mol. The van der Waals surface area contributed by atoms with E-state index >= 15 is 0 Å². The molecule has 1 aliphatic heterocycles. The lowest BCUT2D eigenvalue weighted by molar-refractivity contribution is -0.132. The molecule has 2 heterocycles. The van der Waals surface area contributed by atoms with E-state index in [1.165, 1.54) is 0 Å². The van der Waals surface area contributed by atoms with Gasteiger partial charge in [-0.1, -0.05) is 5.16 Å². The zero-order chi connectivity index (χ0) is 13.1. The van der Waals surface area contributed by atoms with Crippen molar-refractivity contribution in [2.24, 2.45) is 0 Å². The summed E-state index contributed by atoms with van der Waals surface area (Å²) in [4.78, 5) is 14.0. The van der Waals surface area contributed by atoms with Crippen molar-refractivity contribution in [3.8, 4) is 0 Å². The van der Waals surface area contributed by atoms with E-state index in [-0.39, 0.29) is 18.3 Å². The second-order valence-corrected chi connectivity index (χ2v) is 5.06. The number of aryl methyl sites for hydroxylation is 1. The topological polar surface area (TPSA) is 58.4 Å². The highest BCUT2D eigenvalue weighted by Crippen LogP contribution is 2.20. The molecule has 0 saturated carbocycles. The molecule has 0 aliphatic carbocycles. The van der Waals surface area contributed by atoms with E-state index in [4.69, 9.17) is 16.1 Å². The normalized spacial score (nSPS) is 19.1. The number of nitrogens with zero attached hydrogens (tertiary/aromatic N) is 2. The third-order valence-corrected chi connectivity index (χ3v) is 3.54. The Bertz CT molecular complexity index is 417. The molecule has 1 aliphatic rings. The number of piperazine rings is 1. The fourth-order valence-corrected chi connectivity index (χ4v) is 2.45. The van der Waals surface area contributed by atoms with Crippen LogP contribution in [0, 0.1) is 6.92 Å². The van der Waals surface area contributed by atoms with E-state index < -0.39 is 0 Å². The van der Waals surface area contributed by atoms with E-state index in [1.807, 2.05) is 11.8 Å². The number of carbonyl (C=O) groups excluding carboxylic acids is 1. The molecular formula is C12H19Cl2N3O2. The van der Waals surface area contributed by atoms with Gasteiger partial charge in [0.25, 0.3) is 0 Å². The highest BCUT2D eigenvalue weighted by Gasteiger charge is 2.21. The molecule has 2 rings (SSSR count). The minimum atomic E-state index is 0. The summed E-state index contributed by atoms with van der Waals surface area (Å²) >= 11 is 5.87. The monoisotopic (exact) mass is 307 g/mol. The molecule has 1 unspecified atom stereocenters. The quantitative estimate of drug-likeness (QED) is 0.925. The highest BCUT2D eigenvalue weighted by atomic mass is 35.5. The first-order valence-corrected chi connectivity index (χ1v) is 6.57. The van der Waals surface area contributed by atoms with Crippen molar-refractivity contribution in [1.29, 1.82) is 0 Å². The molecule has 1 amide bonds. The number of amides is 1. The minimum Gasteiger partial charge on any atom is -0.344 e. The Morgan fingerprint density at radius 2 is 2.37 bits per heavy atom. The summed E-state index contributed by atoms with van der Waals surface area (Å²) in [5, 5.41) is 7.39. The van der Waals surface area contributed by atoms with Gasteiger partial charge in [0.05, 0.1) is 5.69 Å². The summed E-state index contributed by atoms with van der Waals surface area (Å²) < 4.78 is 4.87. The van der Waals surface area contributed by atoms with Gasteiger partial charge in [0.15, 0.2) is 0 Å². The average Bonchev–Trinajstić information content (AvgIpc) is 2.66. The molecule has 0 bridgehead atoms. The Kier molecular flexibility index (Phi) is 6.10. The maximum atomic E-state index is 12.1. The number of hydrogen-bond acceptors (Lipinski definition) is 4. The van der Waals surface area contributed by atoms with E-state index in [9.17, 15) is 4.79 Å². The highest BCUT2D eigenvalue weighted by molar-refractivity contribution is 6.29. The molecule has 5 nitrogen and oxygen atoms in total. The smallest absolute Gasteiger partial charge is 0.229 e. The average molecular weight is 308 g/mol. The number of aromatic nitrogens is 1. The Hall–Kier alpha value is -0.780. The van der Waals surface area contributed by atoms with Crippen molar-refractivity contribution in [2.45, 2.75) is 32.7 Å². The van der Waals surface area contributed by atoms with Crippen LogP contribution in [0.5, 0.6) is 0 Å². The Labute approximate surface area is 124 Å². The van der Waals surface area contributed by atoms with Crippen LogP contribution in [0.25, 0.3) is 0 Å². The Morgan fingerprint density at radius 1 is 1.63 bits per heavy atom. The summed E-state index contributed by atoms with van der Waals surface area (Å²) in [6, 6.07) is 0.364. The van der Waals surface area contributed by atoms with Gasteiger partial charge in [0, 0.05) is 37.7 Å². The first kappa shape index (κ1) is 16.3. The number of nitrogens with one attached hydrogen (secondary N) is 1. The summed E-state index contributed by atoms with van der Waals surface area (Å²) in [6.07, 6.45) is 1.04. The van der Waals surface area contributed by atoms with Crippen molar-refractivity contribution in [1.82, 2.24) is 15.4 Å². The van der Waals surface area contributed by atoms with E-state index in [2.05, 4.69) is 17.4 Å². The van der Waals surface area contributed by atoms with Crippen LogP contribution in [0.2, 0.25) is 5.22 Å². The molecule has 7 heteroatoms. The van der Waals surface area contributed by atoms with E-state index in [0.717, 1.165) is 30.9 Å². The van der Waals surface area contributed by atoms with Gasteiger partial charge in [-0.2, -0.15) is 0 Å². The van der Waals surface area contributed by atoms with E-state index in [1.54, 1.807) is 0 Å². The predicted molar refractivity (Wildman–Crippen MR) is 75.9 cm³/mol. The standard InChI is InChI=1S/C12H18ClN3O2.ClH/c1-8-7-16(6-5-14-8)11(17)4-3-10-9(2)15-18-12(10)13;/h8,14H,3-7H2,1-2H3;1H. The third-order valence-electron chi connectivity index (χ3n) is 3.25. The van der Waals surface area contributed by atoms with Gasteiger partial charge in [-0.3, -0.25) is 4.79 Å². The van der Waals surface area contributed by atoms with Crippen LogP contribution in [0.4, 0.5) is 0 Å². The van der Waals surface area contributed by atoms with Crippen LogP contribution in [-0.2, 0) is 11.2 Å². The van der Waals surface area contributed by atoms with Crippen molar-refractivity contribution in [3.63, 3.8) is 0 Å². The van der Waals surface area contributed by atoms with Crippen LogP contribution in [0.3, 0.4) is 0 Å². The van der Waals surface area contributed by atoms with Gasteiger partial charge in [-0.05, 0) is 31.9 Å². The van der Waals surface area contributed by atoms with E-state index in [0.29, 0.717) is 24.1 Å². The van der Waals surface area contributed by atoms with Crippen LogP contribution in [-0.4, -0.2) is 41.6 Å². The molecule has 1 N–H and O–H groups in total. The van der Waals surface area contributed by atoms with Gasteiger partial charge in [-0.15, -0.1) is 12.4 Å². The predicted octanol–water partition coefficient (Wildman–Crippen LogP) is 1.81. The zero-order valence-corrected chi connectivity index (χ0v) is 12.7. The molecule has 1 saturated heterocycles. The van der Waals surface area contributed by atoms with Gasteiger partial charge < -0.3 is 14.7 Å². The number of hydrogen-bond donors (Lipinski definition) is 1. The molecule has 0 aromatic carbocycles. The first-order chi connectivity index (χ1) is 8.58. The van der Waals surface area contributed by atoms with Crippen LogP contribution in [0.1, 0.15) is 24.6 Å². The summed E-state index contributed by atoms with van der Waals surface area (Å²) in [6.45, 7) is 6.33. The first-order valence-electron chi connectivity index (χ1n) is 6.19. The van der Waals surface area contributed by atoms with Crippen molar-refractivity contribution >= 4 is 29.9 Å². The molecule has 1 atom stereocenters.